The molecule has 0 spiro atoms. The number of alkyl halides is 3. The second-order valence-corrected chi connectivity index (χ2v) is 8.74. The molecule has 0 aliphatic carbocycles. The largest absolute Gasteiger partial charge is 0.416 e. The minimum absolute atomic E-state index is 0.107. The molecule has 7 nitrogen and oxygen atoms in total. The summed E-state index contributed by atoms with van der Waals surface area (Å²) < 4.78 is 44.3. The molecular weight excluding hydrogens is 481 g/mol. The Morgan fingerprint density at radius 2 is 1.83 bits per heavy atom. The summed E-state index contributed by atoms with van der Waals surface area (Å²) in [6.45, 7) is 1.93. The number of hydrogen-bond donors (Lipinski definition) is 1. The maximum atomic E-state index is 13.3. The fourth-order valence-electron chi connectivity index (χ4n) is 3.57. The average Bonchev–Trinajstić information content (AvgIpc) is 3.32. The molecule has 35 heavy (non-hydrogen) atoms. The third-order valence-electron chi connectivity index (χ3n) is 5.36. The summed E-state index contributed by atoms with van der Waals surface area (Å²) in [6, 6.07) is 14.0. The molecule has 2 heterocycles. The fourth-order valence-corrected chi connectivity index (χ4v) is 4.27. The lowest BCUT2D eigenvalue weighted by Gasteiger charge is -2.30. The van der Waals surface area contributed by atoms with E-state index >= 15 is 0 Å². The lowest BCUT2D eigenvalue weighted by atomic mass is 10.2. The normalized spacial score (nSPS) is 14.0. The van der Waals surface area contributed by atoms with Crippen LogP contribution in [0.25, 0.3) is 0 Å². The van der Waals surface area contributed by atoms with Gasteiger partial charge in [-0.05, 0) is 23.8 Å². The Balaban J connectivity index is 1.50. The number of amides is 2. The molecule has 0 saturated carbocycles. The van der Waals surface area contributed by atoms with Gasteiger partial charge >= 0.3 is 6.18 Å². The first-order valence-corrected chi connectivity index (χ1v) is 11.8. The van der Waals surface area contributed by atoms with E-state index in [-0.39, 0.29) is 35.5 Å². The summed E-state index contributed by atoms with van der Waals surface area (Å²) in [5.74, 6) is -0.626. The molecule has 1 aliphatic rings. The number of rotatable bonds is 7. The molecule has 1 saturated heterocycles. The molecule has 2 amide bonds. The van der Waals surface area contributed by atoms with Crippen LogP contribution in [0.3, 0.4) is 0 Å². The van der Waals surface area contributed by atoms with E-state index in [1.807, 2.05) is 30.3 Å². The SMILES string of the molecule is O=C(CN(Cc1ccccc1)C(=O)c1csc(Nc2cccc(C(F)(F)F)c2)n1)N1CCOCC1. The molecule has 184 valence electrons. The van der Waals surface area contributed by atoms with Gasteiger partial charge in [0.15, 0.2) is 5.13 Å². The molecule has 1 N–H and O–H groups in total. The summed E-state index contributed by atoms with van der Waals surface area (Å²) in [5, 5.41) is 4.61. The number of benzene rings is 2. The van der Waals surface area contributed by atoms with Crippen molar-refractivity contribution in [2.24, 2.45) is 0 Å². The highest BCUT2D eigenvalue weighted by molar-refractivity contribution is 7.14. The first kappa shape index (κ1) is 24.7. The van der Waals surface area contributed by atoms with Crippen LogP contribution in [0.1, 0.15) is 21.6 Å². The summed E-state index contributed by atoms with van der Waals surface area (Å²) in [5.41, 5.74) is 0.381. The summed E-state index contributed by atoms with van der Waals surface area (Å²) in [4.78, 5) is 33.5. The first-order chi connectivity index (χ1) is 16.8. The Kier molecular flexibility index (Phi) is 7.67. The predicted octanol–water partition coefficient (Wildman–Crippen LogP) is 4.41. The number of carbonyl (C=O) groups is 2. The van der Waals surface area contributed by atoms with E-state index in [2.05, 4.69) is 10.3 Å². The standard InChI is InChI=1S/C24H23F3N4O3S/c25-24(26,27)18-7-4-8-19(13-18)28-23-29-20(16-35-23)22(33)31(14-17-5-2-1-3-6-17)15-21(32)30-9-11-34-12-10-30/h1-8,13,16H,9-12,14-15H2,(H,28,29). The lowest BCUT2D eigenvalue weighted by molar-refractivity contribution is -0.137. The lowest BCUT2D eigenvalue weighted by Crippen LogP contribution is -2.47. The minimum Gasteiger partial charge on any atom is -0.378 e. The van der Waals surface area contributed by atoms with Gasteiger partial charge in [0, 0.05) is 30.7 Å². The fraction of sp³-hybridized carbons (Fsp3) is 0.292. The van der Waals surface area contributed by atoms with Crippen LogP contribution in [-0.4, -0.2) is 59.4 Å². The molecule has 3 aromatic rings. The second-order valence-electron chi connectivity index (χ2n) is 7.88. The van der Waals surface area contributed by atoms with Crippen LogP contribution in [-0.2, 0) is 22.3 Å². The zero-order chi connectivity index (χ0) is 24.8. The van der Waals surface area contributed by atoms with Crippen molar-refractivity contribution in [1.82, 2.24) is 14.8 Å². The Labute approximate surface area is 204 Å². The van der Waals surface area contributed by atoms with Crippen molar-refractivity contribution < 1.29 is 27.5 Å². The molecule has 0 radical (unpaired) electrons. The average molecular weight is 505 g/mol. The van der Waals surface area contributed by atoms with Gasteiger partial charge in [-0.2, -0.15) is 13.2 Å². The topological polar surface area (TPSA) is 74.8 Å². The minimum atomic E-state index is -4.47. The molecule has 0 atom stereocenters. The number of thiazole rings is 1. The number of aromatic nitrogens is 1. The van der Waals surface area contributed by atoms with Gasteiger partial charge in [0.2, 0.25) is 5.91 Å². The molecule has 1 fully saturated rings. The van der Waals surface area contributed by atoms with E-state index in [9.17, 15) is 22.8 Å². The van der Waals surface area contributed by atoms with Crippen LogP contribution in [0.2, 0.25) is 0 Å². The molecule has 0 bridgehead atoms. The van der Waals surface area contributed by atoms with Crippen molar-refractivity contribution in [3.63, 3.8) is 0 Å². The van der Waals surface area contributed by atoms with Crippen LogP contribution in [0, 0.1) is 0 Å². The molecule has 2 aromatic carbocycles. The van der Waals surface area contributed by atoms with E-state index in [1.54, 1.807) is 4.90 Å². The Morgan fingerprint density at radius 1 is 1.09 bits per heavy atom. The maximum absolute atomic E-state index is 13.3. The number of ether oxygens (including phenoxy) is 1. The third-order valence-corrected chi connectivity index (χ3v) is 6.12. The molecular formula is C24H23F3N4O3S. The highest BCUT2D eigenvalue weighted by Gasteiger charge is 2.30. The molecule has 11 heteroatoms. The van der Waals surface area contributed by atoms with Gasteiger partial charge in [0.1, 0.15) is 12.2 Å². The van der Waals surface area contributed by atoms with E-state index in [4.69, 9.17) is 4.74 Å². The van der Waals surface area contributed by atoms with Gasteiger partial charge < -0.3 is 19.9 Å². The van der Waals surface area contributed by atoms with Gasteiger partial charge in [0.25, 0.3) is 5.91 Å². The zero-order valence-electron chi connectivity index (χ0n) is 18.6. The summed E-state index contributed by atoms with van der Waals surface area (Å²) in [7, 11) is 0. The maximum Gasteiger partial charge on any atom is 0.416 e. The van der Waals surface area contributed by atoms with Gasteiger partial charge in [-0.15, -0.1) is 11.3 Å². The number of halogens is 3. The molecule has 4 rings (SSSR count). The molecule has 1 aliphatic heterocycles. The number of hydrogen-bond acceptors (Lipinski definition) is 6. The van der Waals surface area contributed by atoms with Crippen molar-refractivity contribution in [3.05, 3.63) is 76.8 Å². The van der Waals surface area contributed by atoms with E-state index in [0.29, 0.717) is 26.3 Å². The number of morpholine rings is 1. The predicted molar refractivity (Wildman–Crippen MR) is 125 cm³/mol. The summed E-state index contributed by atoms with van der Waals surface area (Å²) >= 11 is 1.09. The first-order valence-electron chi connectivity index (χ1n) is 10.9. The van der Waals surface area contributed by atoms with E-state index < -0.39 is 17.6 Å². The van der Waals surface area contributed by atoms with Crippen molar-refractivity contribution >= 4 is 34.0 Å². The summed E-state index contributed by atoms with van der Waals surface area (Å²) in [6.07, 6.45) is -4.47. The number of nitrogens with zero attached hydrogens (tertiary/aromatic N) is 3. The van der Waals surface area contributed by atoms with Gasteiger partial charge in [0.05, 0.1) is 18.8 Å². The van der Waals surface area contributed by atoms with Crippen LogP contribution in [0.5, 0.6) is 0 Å². The van der Waals surface area contributed by atoms with Crippen molar-refractivity contribution in [1.29, 1.82) is 0 Å². The second kappa shape index (κ2) is 10.9. The van der Waals surface area contributed by atoms with Gasteiger partial charge in [-0.3, -0.25) is 9.59 Å². The highest BCUT2D eigenvalue weighted by Crippen LogP contribution is 2.32. The number of nitrogens with one attached hydrogen (secondary N) is 1. The van der Waals surface area contributed by atoms with E-state index in [1.165, 1.54) is 22.4 Å². The van der Waals surface area contributed by atoms with Gasteiger partial charge in [-0.25, -0.2) is 4.98 Å². The number of anilines is 2. The van der Waals surface area contributed by atoms with Crippen LogP contribution >= 0.6 is 11.3 Å². The van der Waals surface area contributed by atoms with Crippen LogP contribution < -0.4 is 5.32 Å². The molecule has 1 aromatic heterocycles. The Morgan fingerprint density at radius 3 is 2.54 bits per heavy atom. The van der Waals surface area contributed by atoms with Crippen molar-refractivity contribution in [2.45, 2.75) is 12.7 Å². The Hall–Kier alpha value is -3.44. The van der Waals surface area contributed by atoms with E-state index in [0.717, 1.165) is 29.0 Å². The molecule has 0 unspecified atom stereocenters. The quantitative estimate of drug-likeness (QED) is 0.516. The zero-order valence-corrected chi connectivity index (χ0v) is 19.4. The third kappa shape index (κ3) is 6.58. The van der Waals surface area contributed by atoms with Crippen LogP contribution in [0.4, 0.5) is 24.0 Å². The Bertz CT molecular complexity index is 1160. The monoisotopic (exact) mass is 504 g/mol. The van der Waals surface area contributed by atoms with Gasteiger partial charge in [-0.1, -0.05) is 36.4 Å². The highest BCUT2D eigenvalue weighted by atomic mass is 32.1. The smallest absolute Gasteiger partial charge is 0.378 e. The van der Waals surface area contributed by atoms with Crippen molar-refractivity contribution in [2.75, 3.05) is 38.2 Å². The van der Waals surface area contributed by atoms with Crippen molar-refractivity contribution in [3.8, 4) is 0 Å². The number of carbonyl (C=O) groups excluding carboxylic acids is 2. The van der Waals surface area contributed by atoms with Crippen LogP contribution in [0.15, 0.2) is 60.0 Å².